The van der Waals surface area contributed by atoms with E-state index in [9.17, 15) is 18.8 Å². The number of hydrogen-bond donors (Lipinski definition) is 1. The monoisotopic (exact) mass is 690 g/mol. The van der Waals surface area contributed by atoms with E-state index in [-0.39, 0.29) is 40.8 Å². The standard InChI is InChI=1S/C33H36BrFN8O3/c1-18-7-8-26(34)38-30(18)39-31(46)25-11-33(17-41(5)6)16-32(33,4)43(25)27(45)15-42-29-22(12-35)9-21(23-13-36-20(3)37-14-23)10-24(29)28(40-42)19(2)44/h7-10,13-14,25H,11-12,15-17H2,1-6H3,(H,38,39,46)/t25-,32?,33+/m0/s1. The number of halogens is 2. The van der Waals surface area contributed by atoms with E-state index in [0.717, 1.165) is 12.0 Å². The summed E-state index contributed by atoms with van der Waals surface area (Å²) < 4.78 is 16.7. The third-order valence-corrected chi connectivity index (χ3v) is 9.86. The second-order valence-corrected chi connectivity index (χ2v) is 13.8. The third kappa shape index (κ3) is 5.38. The van der Waals surface area contributed by atoms with E-state index >= 15 is 0 Å². The number of likely N-dealkylation sites (tertiary alicyclic amines) is 1. The van der Waals surface area contributed by atoms with Crippen LogP contribution in [0.1, 0.15) is 54.1 Å². The average molecular weight is 692 g/mol. The number of hydrogen-bond acceptors (Lipinski definition) is 8. The van der Waals surface area contributed by atoms with Crippen LogP contribution in [0.5, 0.6) is 0 Å². The highest BCUT2D eigenvalue weighted by atomic mass is 79.9. The summed E-state index contributed by atoms with van der Waals surface area (Å²) in [6.07, 6.45) is 4.53. The number of alkyl halides is 1. The van der Waals surface area contributed by atoms with Crippen molar-refractivity contribution in [2.24, 2.45) is 5.41 Å². The number of pyridine rings is 1. The van der Waals surface area contributed by atoms with E-state index in [2.05, 4.69) is 46.2 Å². The van der Waals surface area contributed by atoms with Crippen LogP contribution < -0.4 is 5.32 Å². The van der Waals surface area contributed by atoms with Crippen molar-refractivity contribution in [2.45, 2.75) is 65.3 Å². The van der Waals surface area contributed by atoms with Gasteiger partial charge in [-0.25, -0.2) is 19.3 Å². The lowest BCUT2D eigenvalue weighted by molar-refractivity contribution is -0.140. The molecule has 240 valence electrons. The number of aromatic nitrogens is 5. The van der Waals surface area contributed by atoms with E-state index in [1.807, 2.05) is 34.0 Å². The molecule has 1 N–H and O–H groups in total. The predicted molar refractivity (Wildman–Crippen MR) is 175 cm³/mol. The zero-order valence-corrected chi connectivity index (χ0v) is 28.3. The van der Waals surface area contributed by atoms with Crippen molar-refractivity contribution < 1.29 is 18.8 Å². The Hall–Kier alpha value is -4.10. The molecule has 46 heavy (non-hydrogen) atoms. The average Bonchev–Trinajstić information content (AvgIpc) is 3.25. The molecule has 1 aromatic carbocycles. The molecule has 13 heteroatoms. The number of fused-ring (bicyclic) bond motifs is 2. The fraction of sp³-hybridized carbons (Fsp3) is 0.424. The van der Waals surface area contributed by atoms with Crippen LogP contribution in [0.4, 0.5) is 10.2 Å². The van der Waals surface area contributed by atoms with E-state index in [1.54, 1.807) is 42.4 Å². The highest BCUT2D eigenvalue weighted by Gasteiger charge is 2.75. The Morgan fingerprint density at radius 2 is 1.85 bits per heavy atom. The Bertz CT molecular complexity index is 1890. The Morgan fingerprint density at radius 1 is 1.13 bits per heavy atom. The lowest BCUT2D eigenvalue weighted by Crippen LogP contribution is -2.50. The van der Waals surface area contributed by atoms with E-state index in [4.69, 9.17) is 0 Å². The van der Waals surface area contributed by atoms with Gasteiger partial charge in [-0.3, -0.25) is 19.1 Å². The largest absolute Gasteiger partial charge is 0.323 e. The molecule has 1 aliphatic heterocycles. The lowest BCUT2D eigenvalue weighted by Gasteiger charge is -2.32. The highest BCUT2D eigenvalue weighted by molar-refractivity contribution is 9.10. The van der Waals surface area contributed by atoms with Gasteiger partial charge in [-0.05, 0) is 93.0 Å². The summed E-state index contributed by atoms with van der Waals surface area (Å²) >= 11 is 3.37. The zero-order valence-electron chi connectivity index (χ0n) is 26.7. The summed E-state index contributed by atoms with van der Waals surface area (Å²) in [6, 6.07) is 6.33. The van der Waals surface area contributed by atoms with Crippen molar-refractivity contribution in [1.29, 1.82) is 0 Å². The fourth-order valence-electron chi connectivity index (χ4n) is 7.23. The first-order valence-corrected chi connectivity index (χ1v) is 15.9. The number of nitrogens with one attached hydrogen (secondary N) is 1. The predicted octanol–water partition coefficient (Wildman–Crippen LogP) is 4.89. The number of carbonyl (C=O) groups excluding carboxylic acids is 3. The molecule has 1 aliphatic carbocycles. The maximum atomic E-state index is 14.7. The van der Waals surface area contributed by atoms with Crippen LogP contribution in [-0.2, 0) is 22.8 Å². The Kier molecular flexibility index (Phi) is 8.04. The van der Waals surface area contributed by atoms with Crippen molar-refractivity contribution in [3.63, 3.8) is 0 Å². The van der Waals surface area contributed by atoms with Crippen LogP contribution in [0.2, 0.25) is 0 Å². The van der Waals surface area contributed by atoms with Crippen molar-refractivity contribution in [3.8, 4) is 11.1 Å². The van der Waals surface area contributed by atoms with Gasteiger partial charge in [-0.2, -0.15) is 5.10 Å². The van der Waals surface area contributed by atoms with Crippen molar-refractivity contribution >= 4 is 50.2 Å². The fourth-order valence-corrected chi connectivity index (χ4v) is 7.54. The molecule has 0 spiro atoms. The number of piperidine rings is 1. The molecule has 6 rings (SSSR count). The van der Waals surface area contributed by atoms with Crippen molar-refractivity contribution in [1.82, 2.24) is 34.5 Å². The minimum absolute atomic E-state index is 0.138. The quantitative estimate of drug-likeness (QED) is 0.194. The molecule has 1 saturated heterocycles. The number of aryl methyl sites for hydroxylation is 2. The van der Waals surface area contributed by atoms with Gasteiger partial charge in [0.2, 0.25) is 11.8 Å². The molecule has 2 fully saturated rings. The zero-order chi connectivity index (χ0) is 33.1. The summed E-state index contributed by atoms with van der Waals surface area (Å²) in [4.78, 5) is 57.7. The van der Waals surface area contributed by atoms with Gasteiger partial charge < -0.3 is 15.1 Å². The number of Topliss-reactive ketones (excluding diaryl/α,β-unsaturated/α-hetero) is 1. The van der Waals surface area contributed by atoms with E-state index in [1.165, 1.54) is 11.6 Å². The first-order valence-electron chi connectivity index (χ1n) is 15.1. The summed E-state index contributed by atoms with van der Waals surface area (Å²) in [5.74, 6) is 0.0541. The summed E-state index contributed by atoms with van der Waals surface area (Å²) in [5.41, 5.74) is 2.06. The minimum Gasteiger partial charge on any atom is -0.323 e. The van der Waals surface area contributed by atoms with E-state index < -0.39 is 18.3 Å². The highest BCUT2D eigenvalue weighted by Crippen LogP contribution is 2.68. The number of rotatable bonds is 9. The van der Waals surface area contributed by atoms with Crippen LogP contribution in [0, 0.1) is 19.3 Å². The second kappa shape index (κ2) is 11.6. The van der Waals surface area contributed by atoms with Crippen molar-refractivity contribution in [2.75, 3.05) is 26.0 Å². The maximum Gasteiger partial charge on any atom is 0.248 e. The van der Waals surface area contributed by atoms with Gasteiger partial charge in [-0.1, -0.05) is 6.07 Å². The molecule has 4 aromatic rings. The molecular weight excluding hydrogens is 655 g/mol. The number of benzene rings is 1. The van der Waals surface area contributed by atoms with Gasteiger partial charge in [0.05, 0.1) is 5.52 Å². The number of amides is 2. The molecule has 1 unspecified atom stereocenters. The lowest BCUT2D eigenvalue weighted by atomic mass is 9.96. The van der Waals surface area contributed by atoms with Gasteiger partial charge >= 0.3 is 0 Å². The Labute approximate surface area is 274 Å². The number of carbonyl (C=O) groups is 3. The van der Waals surface area contributed by atoms with Gasteiger partial charge in [0, 0.05) is 53.3 Å². The molecule has 4 heterocycles. The molecule has 1 saturated carbocycles. The smallest absolute Gasteiger partial charge is 0.248 e. The van der Waals surface area contributed by atoms with Crippen LogP contribution in [0.25, 0.3) is 22.0 Å². The number of anilines is 1. The number of ketones is 1. The van der Waals surface area contributed by atoms with Crippen LogP contribution in [0.3, 0.4) is 0 Å². The molecule has 3 aromatic heterocycles. The first kappa shape index (κ1) is 31.9. The molecule has 3 atom stereocenters. The first-order chi connectivity index (χ1) is 21.8. The van der Waals surface area contributed by atoms with Gasteiger partial charge in [0.15, 0.2) is 5.78 Å². The molecule has 11 nitrogen and oxygen atoms in total. The number of nitrogens with zero attached hydrogens (tertiary/aromatic N) is 7. The van der Waals surface area contributed by atoms with E-state index in [0.29, 0.717) is 51.2 Å². The topological polar surface area (TPSA) is 126 Å². The normalized spacial score (nSPS) is 21.9. The summed E-state index contributed by atoms with van der Waals surface area (Å²) in [6.45, 7) is 6.64. The second-order valence-electron chi connectivity index (χ2n) is 13.0. The maximum absolute atomic E-state index is 14.7. The van der Waals surface area contributed by atoms with Crippen LogP contribution >= 0.6 is 15.9 Å². The molecule has 0 bridgehead atoms. The SMILES string of the molecule is CC(=O)c1nn(CC(=O)N2[C@H](C(=O)Nc3nc(Br)ccc3C)C[C@]3(CN(C)C)CC23C)c2c(CF)cc(-c3cnc(C)nc3)cc12. The molecule has 2 amide bonds. The van der Waals surface area contributed by atoms with Gasteiger partial charge in [0.1, 0.15) is 41.2 Å². The Balaban J connectivity index is 1.38. The van der Waals surface area contributed by atoms with Gasteiger partial charge in [-0.15, -0.1) is 0 Å². The summed E-state index contributed by atoms with van der Waals surface area (Å²) in [5, 5.41) is 7.93. The molecule has 0 radical (unpaired) electrons. The van der Waals surface area contributed by atoms with Gasteiger partial charge in [0.25, 0.3) is 0 Å². The third-order valence-electron chi connectivity index (χ3n) is 9.42. The van der Waals surface area contributed by atoms with Crippen molar-refractivity contribution in [3.05, 3.63) is 63.9 Å². The molecule has 2 aliphatic rings. The summed E-state index contributed by atoms with van der Waals surface area (Å²) in [7, 11) is 3.97. The Morgan fingerprint density at radius 3 is 2.50 bits per heavy atom. The van der Waals surface area contributed by atoms with Crippen LogP contribution in [0.15, 0.2) is 41.3 Å². The molecular formula is C33H36BrFN8O3. The van der Waals surface area contributed by atoms with Crippen LogP contribution in [-0.4, -0.2) is 84.4 Å². The minimum atomic E-state index is -0.842.